The number of hydrogen-bond acceptors (Lipinski definition) is 3. The molecule has 0 unspecified atom stereocenters. The highest BCUT2D eigenvalue weighted by Gasteiger charge is 2.16. The van der Waals surface area contributed by atoms with Crippen molar-refractivity contribution in [2.24, 2.45) is 10.7 Å². The molecule has 0 saturated heterocycles. The Balaban J connectivity index is 2.61. The molecule has 0 bridgehead atoms. The van der Waals surface area contributed by atoms with Crippen LogP contribution in [0.25, 0.3) is 0 Å². The van der Waals surface area contributed by atoms with Gasteiger partial charge in [-0.25, -0.2) is 0 Å². The zero-order chi connectivity index (χ0) is 6.85. The lowest BCUT2D eigenvalue weighted by molar-refractivity contribution is 0.214. The summed E-state index contributed by atoms with van der Waals surface area (Å²) in [5, 5.41) is 9.04. The summed E-state index contributed by atoms with van der Waals surface area (Å²) in [4.78, 5) is 4.01. The van der Waals surface area contributed by atoms with Crippen LogP contribution in [0.2, 0.25) is 0 Å². The highest BCUT2D eigenvalue weighted by atomic mass is 16.3. The first-order chi connectivity index (χ1) is 4.20. The summed E-state index contributed by atoms with van der Waals surface area (Å²) in [6, 6.07) is 0.299. The standard InChI is InChI=1S/C6H12N2O/c1-4-2-3-5(9)6(7)8-4/h4-5,9H,2-3H2,1H3,(H2,7,8)/t4-,5-/m0/s1. The van der Waals surface area contributed by atoms with Gasteiger partial charge in [0, 0.05) is 6.04 Å². The Morgan fingerprint density at radius 1 is 1.67 bits per heavy atom. The van der Waals surface area contributed by atoms with Crippen LogP contribution in [0.1, 0.15) is 19.8 Å². The number of aliphatic hydroxyl groups excluding tert-OH is 1. The van der Waals surface area contributed by atoms with E-state index < -0.39 is 6.10 Å². The van der Waals surface area contributed by atoms with Crippen LogP contribution >= 0.6 is 0 Å². The van der Waals surface area contributed by atoms with E-state index in [0.717, 1.165) is 12.8 Å². The summed E-state index contributed by atoms with van der Waals surface area (Å²) in [5.74, 6) is 0.397. The molecule has 1 aliphatic rings. The van der Waals surface area contributed by atoms with E-state index in [1.807, 2.05) is 6.92 Å². The number of rotatable bonds is 0. The Hall–Kier alpha value is -0.570. The van der Waals surface area contributed by atoms with Crippen LogP contribution in [0.4, 0.5) is 0 Å². The average molecular weight is 128 g/mol. The quantitative estimate of drug-likeness (QED) is 0.478. The Labute approximate surface area is 54.6 Å². The molecule has 0 aromatic rings. The van der Waals surface area contributed by atoms with Crippen molar-refractivity contribution in [1.29, 1.82) is 0 Å². The molecule has 1 heterocycles. The SMILES string of the molecule is C[C@H]1CC[C@H](O)C(N)=N1. The largest absolute Gasteiger partial charge is 0.385 e. The molecule has 52 valence electrons. The zero-order valence-electron chi connectivity index (χ0n) is 5.54. The number of nitrogens with zero attached hydrogens (tertiary/aromatic N) is 1. The molecule has 0 aromatic carbocycles. The van der Waals surface area contributed by atoms with E-state index in [1.165, 1.54) is 0 Å². The molecule has 3 N–H and O–H groups in total. The van der Waals surface area contributed by atoms with E-state index in [-0.39, 0.29) is 0 Å². The summed E-state index contributed by atoms with van der Waals surface area (Å²) in [7, 11) is 0. The summed E-state index contributed by atoms with van der Waals surface area (Å²) in [6.45, 7) is 2.00. The lowest BCUT2D eigenvalue weighted by atomic mass is 10.1. The fourth-order valence-electron chi connectivity index (χ4n) is 0.952. The predicted molar refractivity (Wildman–Crippen MR) is 36.3 cm³/mol. The van der Waals surface area contributed by atoms with Crippen LogP contribution in [0.5, 0.6) is 0 Å². The fraction of sp³-hybridized carbons (Fsp3) is 0.833. The molecule has 3 heteroatoms. The van der Waals surface area contributed by atoms with Crippen molar-refractivity contribution in [3.05, 3.63) is 0 Å². The van der Waals surface area contributed by atoms with E-state index in [4.69, 9.17) is 10.8 Å². The van der Waals surface area contributed by atoms with Crippen LogP contribution in [0.15, 0.2) is 4.99 Å². The molecule has 3 nitrogen and oxygen atoms in total. The third-order valence-corrected chi connectivity index (χ3v) is 1.57. The molecule has 0 aliphatic carbocycles. The molecule has 2 atom stereocenters. The maximum atomic E-state index is 9.04. The predicted octanol–water partition coefficient (Wildman–Crippen LogP) is -0.113. The summed E-state index contributed by atoms with van der Waals surface area (Å²) in [6.07, 6.45) is 1.22. The minimum atomic E-state index is -0.485. The highest BCUT2D eigenvalue weighted by molar-refractivity contribution is 5.85. The smallest absolute Gasteiger partial charge is 0.123 e. The van der Waals surface area contributed by atoms with Crippen molar-refractivity contribution in [2.75, 3.05) is 0 Å². The summed E-state index contributed by atoms with van der Waals surface area (Å²) >= 11 is 0. The van der Waals surface area contributed by atoms with Crippen molar-refractivity contribution in [3.63, 3.8) is 0 Å². The van der Waals surface area contributed by atoms with Gasteiger partial charge in [0.2, 0.25) is 0 Å². The molecular weight excluding hydrogens is 116 g/mol. The minimum absolute atomic E-state index is 0.299. The second-order valence-corrected chi connectivity index (χ2v) is 2.50. The minimum Gasteiger partial charge on any atom is -0.385 e. The number of amidine groups is 1. The van der Waals surface area contributed by atoms with Crippen molar-refractivity contribution in [1.82, 2.24) is 0 Å². The maximum Gasteiger partial charge on any atom is 0.123 e. The number of hydrogen-bond donors (Lipinski definition) is 2. The Morgan fingerprint density at radius 3 is 2.78 bits per heavy atom. The molecule has 0 radical (unpaired) electrons. The van der Waals surface area contributed by atoms with E-state index in [9.17, 15) is 0 Å². The van der Waals surface area contributed by atoms with Crippen LogP contribution in [-0.2, 0) is 0 Å². The van der Waals surface area contributed by atoms with Crippen LogP contribution in [-0.4, -0.2) is 23.1 Å². The van der Waals surface area contributed by atoms with E-state index in [2.05, 4.69) is 4.99 Å². The van der Waals surface area contributed by atoms with Gasteiger partial charge in [0.05, 0.1) is 0 Å². The van der Waals surface area contributed by atoms with Gasteiger partial charge >= 0.3 is 0 Å². The number of aliphatic hydroxyl groups is 1. The maximum absolute atomic E-state index is 9.04. The first-order valence-corrected chi connectivity index (χ1v) is 3.21. The highest BCUT2D eigenvalue weighted by Crippen LogP contribution is 2.10. The lowest BCUT2D eigenvalue weighted by Gasteiger charge is -2.18. The van der Waals surface area contributed by atoms with Gasteiger partial charge in [0.1, 0.15) is 11.9 Å². The van der Waals surface area contributed by atoms with Gasteiger partial charge in [-0.15, -0.1) is 0 Å². The Bertz CT molecular complexity index is 133. The second-order valence-electron chi connectivity index (χ2n) is 2.50. The second kappa shape index (κ2) is 2.35. The van der Waals surface area contributed by atoms with Crippen LogP contribution in [0.3, 0.4) is 0 Å². The van der Waals surface area contributed by atoms with Crippen LogP contribution < -0.4 is 5.73 Å². The monoisotopic (exact) mass is 128 g/mol. The normalized spacial score (nSPS) is 36.0. The molecule has 0 amide bonds. The fourth-order valence-corrected chi connectivity index (χ4v) is 0.952. The van der Waals surface area contributed by atoms with Crippen molar-refractivity contribution < 1.29 is 5.11 Å². The summed E-state index contributed by atoms with van der Waals surface area (Å²) < 4.78 is 0. The Morgan fingerprint density at radius 2 is 2.33 bits per heavy atom. The third-order valence-electron chi connectivity index (χ3n) is 1.57. The number of nitrogens with two attached hydrogens (primary N) is 1. The van der Waals surface area contributed by atoms with Gasteiger partial charge in [0.15, 0.2) is 0 Å². The molecule has 0 spiro atoms. The van der Waals surface area contributed by atoms with Crippen molar-refractivity contribution in [3.8, 4) is 0 Å². The van der Waals surface area contributed by atoms with Gasteiger partial charge < -0.3 is 10.8 Å². The third kappa shape index (κ3) is 1.42. The van der Waals surface area contributed by atoms with E-state index in [0.29, 0.717) is 11.9 Å². The zero-order valence-corrected chi connectivity index (χ0v) is 5.54. The molecular formula is C6H12N2O. The van der Waals surface area contributed by atoms with Gasteiger partial charge in [-0.3, -0.25) is 4.99 Å². The molecule has 1 rings (SSSR count). The molecule has 0 fully saturated rings. The van der Waals surface area contributed by atoms with Gasteiger partial charge in [-0.2, -0.15) is 0 Å². The first kappa shape index (κ1) is 6.55. The van der Waals surface area contributed by atoms with Gasteiger partial charge in [-0.1, -0.05) is 0 Å². The van der Waals surface area contributed by atoms with E-state index in [1.54, 1.807) is 0 Å². The average Bonchev–Trinajstić information content (AvgIpc) is 1.80. The molecule has 9 heavy (non-hydrogen) atoms. The van der Waals surface area contributed by atoms with Crippen molar-refractivity contribution in [2.45, 2.75) is 31.9 Å². The molecule has 0 saturated carbocycles. The first-order valence-electron chi connectivity index (χ1n) is 3.21. The summed E-state index contributed by atoms with van der Waals surface area (Å²) in [5.41, 5.74) is 5.37. The number of aliphatic imine (C=N–C) groups is 1. The van der Waals surface area contributed by atoms with Crippen molar-refractivity contribution >= 4 is 5.84 Å². The molecule has 0 aromatic heterocycles. The van der Waals surface area contributed by atoms with Gasteiger partial charge in [0.25, 0.3) is 0 Å². The van der Waals surface area contributed by atoms with Crippen LogP contribution in [0, 0.1) is 0 Å². The lowest BCUT2D eigenvalue weighted by Crippen LogP contribution is -2.34. The Kier molecular flexibility index (Phi) is 1.71. The van der Waals surface area contributed by atoms with E-state index >= 15 is 0 Å². The molecule has 1 aliphatic heterocycles. The van der Waals surface area contributed by atoms with Gasteiger partial charge in [-0.05, 0) is 19.8 Å². The topological polar surface area (TPSA) is 58.6 Å².